The number of sulfone groups is 1. The summed E-state index contributed by atoms with van der Waals surface area (Å²) in [5.41, 5.74) is 2.15. The first-order chi connectivity index (χ1) is 12.0. The standard InChI is InChI=1S/C19H20N2O3S/c1-21-18(8-10-20-21)16-6-7-19(17-5-3-2-4-15(16)17)24-12-14-9-11-25(22,23)13-14/h2-8,10,14H,9,11-13H2,1H3. The zero-order valence-electron chi connectivity index (χ0n) is 14.1. The zero-order chi connectivity index (χ0) is 17.4. The number of nitrogens with zero attached hydrogens (tertiary/aromatic N) is 2. The highest BCUT2D eigenvalue weighted by atomic mass is 32.2. The number of hydrogen-bond donors (Lipinski definition) is 0. The average molecular weight is 356 g/mol. The van der Waals surface area contributed by atoms with Crippen molar-refractivity contribution in [3.8, 4) is 17.0 Å². The van der Waals surface area contributed by atoms with Crippen molar-refractivity contribution < 1.29 is 13.2 Å². The van der Waals surface area contributed by atoms with Gasteiger partial charge < -0.3 is 4.74 Å². The summed E-state index contributed by atoms with van der Waals surface area (Å²) in [5, 5.41) is 6.38. The van der Waals surface area contributed by atoms with Crippen LogP contribution in [0.1, 0.15) is 6.42 Å². The summed E-state index contributed by atoms with van der Waals surface area (Å²) in [6.07, 6.45) is 2.47. The molecule has 0 amide bonds. The monoisotopic (exact) mass is 356 g/mol. The number of aromatic nitrogens is 2. The van der Waals surface area contributed by atoms with Gasteiger partial charge in [-0.15, -0.1) is 0 Å². The molecule has 1 atom stereocenters. The molecule has 0 saturated carbocycles. The second kappa shape index (κ2) is 6.19. The van der Waals surface area contributed by atoms with Crippen LogP contribution in [0.4, 0.5) is 0 Å². The first-order valence-corrected chi connectivity index (χ1v) is 10.2. The molecule has 3 aromatic rings. The van der Waals surface area contributed by atoms with Gasteiger partial charge in [-0.1, -0.05) is 24.3 Å². The van der Waals surface area contributed by atoms with E-state index >= 15 is 0 Å². The molecule has 130 valence electrons. The molecule has 0 N–H and O–H groups in total. The molecule has 1 aromatic heterocycles. The van der Waals surface area contributed by atoms with Gasteiger partial charge >= 0.3 is 0 Å². The van der Waals surface area contributed by atoms with Gasteiger partial charge in [-0.3, -0.25) is 4.68 Å². The Balaban J connectivity index is 1.66. The minimum absolute atomic E-state index is 0.0838. The third-order valence-electron chi connectivity index (χ3n) is 4.78. The summed E-state index contributed by atoms with van der Waals surface area (Å²) >= 11 is 0. The molecular formula is C19H20N2O3S. The summed E-state index contributed by atoms with van der Waals surface area (Å²) in [5.74, 6) is 1.39. The van der Waals surface area contributed by atoms with Crippen molar-refractivity contribution in [2.75, 3.05) is 18.1 Å². The van der Waals surface area contributed by atoms with Gasteiger partial charge in [-0.2, -0.15) is 5.10 Å². The van der Waals surface area contributed by atoms with E-state index in [0.29, 0.717) is 13.0 Å². The van der Waals surface area contributed by atoms with Crippen LogP contribution in [0.25, 0.3) is 22.0 Å². The molecule has 0 radical (unpaired) electrons. The number of aryl methyl sites for hydroxylation is 1. The van der Waals surface area contributed by atoms with Crippen molar-refractivity contribution in [2.45, 2.75) is 6.42 Å². The molecule has 1 unspecified atom stereocenters. The molecule has 1 aliphatic rings. The van der Waals surface area contributed by atoms with Crippen molar-refractivity contribution in [3.05, 3.63) is 48.7 Å². The first kappa shape index (κ1) is 16.1. The van der Waals surface area contributed by atoms with Crippen LogP contribution < -0.4 is 4.74 Å². The van der Waals surface area contributed by atoms with Crippen molar-refractivity contribution in [1.29, 1.82) is 0 Å². The molecule has 2 heterocycles. The van der Waals surface area contributed by atoms with Gasteiger partial charge in [0.2, 0.25) is 0 Å². The average Bonchev–Trinajstić information content (AvgIpc) is 3.17. The number of rotatable bonds is 4. The highest BCUT2D eigenvalue weighted by Crippen LogP contribution is 2.34. The normalized spacial score (nSPS) is 19.3. The zero-order valence-corrected chi connectivity index (χ0v) is 14.9. The highest BCUT2D eigenvalue weighted by molar-refractivity contribution is 7.91. The maximum atomic E-state index is 11.6. The van der Waals surface area contributed by atoms with Gasteiger partial charge in [0.05, 0.1) is 23.8 Å². The Morgan fingerprint density at radius 2 is 1.96 bits per heavy atom. The largest absolute Gasteiger partial charge is 0.493 e. The fourth-order valence-corrected chi connectivity index (χ4v) is 5.31. The maximum Gasteiger partial charge on any atom is 0.150 e. The van der Waals surface area contributed by atoms with Gasteiger partial charge in [-0.05, 0) is 30.0 Å². The predicted octanol–water partition coefficient (Wildman–Crippen LogP) is 3.05. The van der Waals surface area contributed by atoms with Gasteiger partial charge in [0.1, 0.15) is 5.75 Å². The summed E-state index contributed by atoms with van der Waals surface area (Å²) < 4.78 is 31.1. The Morgan fingerprint density at radius 3 is 2.64 bits per heavy atom. The molecule has 0 aliphatic carbocycles. The number of fused-ring (bicyclic) bond motifs is 1. The van der Waals surface area contributed by atoms with Crippen LogP contribution in [0.2, 0.25) is 0 Å². The van der Waals surface area contributed by atoms with Crippen molar-refractivity contribution in [3.63, 3.8) is 0 Å². The number of benzene rings is 2. The van der Waals surface area contributed by atoms with Crippen LogP contribution in [0, 0.1) is 5.92 Å². The van der Waals surface area contributed by atoms with Crippen LogP contribution in [-0.2, 0) is 16.9 Å². The third kappa shape index (κ3) is 3.14. The molecule has 25 heavy (non-hydrogen) atoms. The Morgan fingerprint density at radius 1 is 1.16 bits per heavy atom. The number of ether oxygens (including phenoxy) is 1. The molecule has 1 aliphatic heterocycles. The van der Waals surface area contributed by atoms with E-state index < -0.39 is 9.84 Å². The minimum Gasteiger partial charge on any atom is -0.493 e. The summed E-state index contributed by atoms with van der Waals surface area (Å²) in [6.45, 7) is 0.439. The lowest BCUT2D eigenvalue weighted by Crippen LogP contribution is -2.13. The summed E-state index contributed by atoms with van der Waals surface area (Å²) in [4.78, 5) is 0. The molecule has 2 aromatic carbocycles. The van der Waals surface area contributed by atoms with E-state index in [-0.39, 0.29) is 17.4 Å². The van der Waals surface area contributed by atoms with Gasteiger partial charge in [0, 0.05) is 30.1 Å². The lowest BCUT2D eigenvalue weighted by Gasteiger charge is -2.15. The molecule has 5 nitrogen and oxygen atoms in total. The van der Waals surface area contributed by atoms with Crippen LogP contribution in [0.5, 0.6) is 5.75 Å². The van der Waals surface area contributed by atoms with E-state index in [1.165, 1.54) is 0 Å². The molecule has 0 spiro atoms. The smallest absolute Gasteiger partial charge is 0.150 e. The van der Waals surface area contributed by atoms with Crippen LogP contribution in [0.3, 0.4) is 0 Å². The molecule has 1 saturated heterocycles. The fourth-order valence-electron chi connectivity index (χ4n) is 3.47. The lowest BCUT2D eigenvalue weighted by atomic mass is 10.0. The SMILES string of the molecule is Cn1nccc1-c1ccc(OCC2CCS(=O)(=O)C2)c2ccccc12. The predicted molar refractivity (Wildman–Crippen MR) is 98.4 cm³/mol. The quantitative estimate of drug-likeness (QED) is 0.721. The molecule has 6 heteroatoms. The van der Waals surface area contributed by atoms with Crippen LogP contribution >= 0.6 is 0 Å². The van der Waals surface area contributed by atoms with E-state index in [9.17, 15) is 8.42 Å². The van der Waals surface area contributed by atoms with Crippen LogP contribution in [-0.4, -0.2) is 36.3 Å². The van der Waals surface area contributed by atoms with Gasteiger partial charge in [-0.25, -0.2) is 8.42 Å². The second-order valence-corrected chi connectivity index (χ2v) is 8.81. The second-order valence-electron chi connectivity index (χ2n) is 6.58. The van der Waals surface area contributed by atoms with Gasteiger partial charge in [0.25, 0.3) is 0 Å². The van der Waals surface area contributed by atoms with E-state index in [2.05, 4.69) is 11.2 Å². The van der Waals surface area contributed by atoms with Gasteiger partial charge in [0.15, 0.2) is 9.84 Å². The maximum absolute atomic E-state index is 11.6. The first-order valence-electron chi connectivity index (χ1n) is 8.37. The van der Waals surface area contributed by atoms with Crippen molar-refractivity contribution in [1.82, 2.24) is 9.78 Å². The third-order valence-corrected chi connectivity index (χ3v) is 6.62. The highest BCUT2D eigenvalue weighted by Gasteiger charge is 2.28. The minimum atomic E-state index is -2.87. The summed E-state index contributed by atoms with van der Waals surface area (Å²) in [7, 11) is -0.948. The Hall–Kier alpha value is -2.34. The number of hydrogen-bond acceptors (Lipinski definition) is 4. The van der Waals surface area contributed by atoms with E-state index in [0.717, 1.165) is 27.8 Å². The van der Waals surface area contributed by atoms with Crippen molar-refractivity contribution >= 4 is 20.6 Å². The topological polar surface area (TPSA) is 61.2 Å². The Bertz CT molecular complexity index is 1020. The van der Waals surface area contributed by atoms with E-state index in [1.807, 2.05) is 48.1 Å². The molecule has 1 fully saturated rings. The fraction of sp³-hybridized carbons (Fsp3) is 0.316. The molecule has 4 rings (SSSR count). The Labute approximate surface area is 147 Å². The van der Waals surface area contributed by atoms with Crippen LogP contribution in [0.15, 0.2) is 48.7 Å². The van der Waals surface area contributed by atoms with E-state index in [1.54, 1.807) is 6.20 Å². The molecular weight excluding hydrogens is 336 g/mol. The lowest BCUT2D eigenvalue weighted by molar-refractivity contribution is 0.266. The Kier molecular flexibility index (Phi) is 4.00. The van der Waals surface area contributed by atoms with Crippen molar-refractivity contribution in [2.24, 2.45) is 13.0 Å². The summed E-state index contributed by atoms with van der Waals surface area (Å²) in [6, 6.07) is 14.1. The molecule has 0 bridgehead atoms. The van der Waals surface area contributed by atoms with E-state index in [4.69, 9.17) is 4.74 Å².